The van der Waals surface area contributed by atoms with E-state index in [1.807, 2.05) is 0 Å². The fourth-order valence-electron chi connectivity index (χ4n) is 1.39. The van der Waals surface area contributed by atoms with Crippen molar-refractivity contribution in [3.05, 3.63) is 0 Å². The van der Waals surface area contributed by atoms with Crippen molar-refractivity contribution < 1.29 is 14.0 Å². The molecule has 0 aliphatic heterocycles. The first-order valence-electron chi connectivity index (χ1n) is 4.08. The third-order valence-corrected chi connectivity index (χ3v) is 1.99. The lowest BCUT2D eigenvalue weighted by atomic mass is 10.2. The highest BCUT2D eigenvalue weighted by Gasteiger charge is 2.25. The maximum atomic E-state index is 5.47. The fourth-order valence-corrected chi connectivity index (χ4v) is 1.39. The van der Waals surface area contributed by atoms with Gasteiger partial charge in [0, 0.05) is 20.3 Å². The Hall–Kier alpha value is -0.0551. The fraction of sp³-hybridized carbons (Fsp3) is 1.00. The Morgan fingerprint density at radius 2 is 1.64 bits per heavy atom. The molecule has 1 rings (SSSR count). The van der Waals surface area contributed by atoms with Gasteiger partial charge in [-0.1, -0.05) is 12.8 Å². The smallest absolute Gasteiger partial charge is 0.389 e. The van der Waals surface area contributed by atoms with Gasteiger partial charge < -0.3 is 14.0 Å². The van der Waals surface area contributed by atoms with E-state index in [0.29, 0.717) is 6.10 Å². The van der Waals surface area contributed by atoms with Crippen LogP contribution in [0, 0.1) is 0 Å². The highest BCUT2D eigenvalue weighted by atomic mass is 16.7. The van der Waals surface area contributed by atoms with Crippen molar-refractivity contribution in [3.63, 3.8) is 0 Å². The van der Waals surface area contributed by atoms with Gasteiger partial charge in [0.05, 0.1) is 0 Å². The largest absolute Gasteiger partial charge is 0.639 e. The summed E-state index contributed by atoms with van der Waals surface area (Å²) >= 11 is 0. The second kappa shape index (κ2) is 4.75. The van der Waals surface area contributed by atoms with E-state index in [9.17, 15) is 0 Å². The van der Waals surface area contributed by atoms with Crippen LogP contribution in [-0.4, -0.2) is 27.6 Å². The lowest BCUT2D eigenvalue weighted by Crippen LogP contribution is -2.28. The van der Waals surface area contributed by atoms with E-state index in [0.717, 1.165) is 12.8 Å². The molecule has 0 spiro atoms. The van der Waals surface area contributed by atoms with Crippen molar-refractivity contribution in [3.8, 4) is 0 Å². The molecule has 3 nitrogen and oxygen atoms in total. The first-order valence-corrected chi connectivity index (χ1v) is 4.08. The van der Waals surface area contributed by atoms with Crippen LogP contribution >= 0.6 is 0 Å². The molecule has 0 aromatic carbocycles. The highest BCUT2D eigenvalue weighted by Crippen LogP contribution is 2.21. The quantitative estimate of drug-likeness (QED) is 0.575. The minimum Gasteiger partial charge on any atom is -0.389 e. The van der Waals surface area contributed by atoms with E-state index in [4.69, 9.17) is 14.0 Å². The molecule has 0 aromatic rings. The molecule has 0 radical (unpaired) electrons. The van der Waals surface area contributed by atoms with Gasteiger partial charge >= 0.3 is 7.32 Å². The zero-order valence-corrected chi connectivity index (χ0v) is 7.21. The van der Waals surface area contributed by atoms with Crippen molar-refractivity contribution in [2.24, 2.45) is 0 Å². The summed E-state index contributed by atoms with van der Waals surface area (Å²) in [5, 5.41) is 0. The van der Waals surface area contributed by atoms with Gasteiger partial charge in [0.1, 0.15) is 0 Å². The molecule has 1 aliphatic rings. The van der Waals surface area contributed by atoms with Crippen LogP contribution in [0.4, 0.5) is 0 Å². The molecule has 64 valence electrons. The van der Waals surface area contributed by atoms with Gasteiger partial charge in [-0.3, -0.25) is 0 Å². The van der Waals surface area contributed by atoms with E-state index in [1.165, 1.54) is 12.8 Å². The molecule has 1 aliphatic carbocycles. The van der Waals surface area contributed by atoms with Crippen molar-refractivity contribution in [1.82, 2.24) is 0 Å². The van der Waals surface area contributed by atoms with Crippen LogP contribution in [0.5, 0.6) is 0 Å². The Bertz CT molecular complexity index is 99.9. The van der Waals surface area contributed by atoms with Crippen LogP contribution in [0.2, 0.25) is 0 Å². The Kier molecular flexibility index (Phi) is 3.90. The molecule has 0 amide bonds. The van der Waals surface area contributed by atoms with Gasteiger partial charge in [-0.05, 0) is 12.8 Å². The van der Waals surface area contributed by atoms with Gasteiger partial charge in [-0.15, -0.1) is 0 Å². The van der Waals surface area contributed by atoms with E-state index in [-0.39, 0.29) is 0 Å². The molecular formula is C7H15BO3. The molecular weight excluding hydrogens is 143 g/mol. The van der Waals surface area contributed by atoms with Gasteiger partial charge in [-0.2, -0.15) is 0 Å². The third-order valence-electron chi connectivity index (χ3n) is 1.99. The minimum atomic E-state index is -0.474. The summed E-state index contributed by atoms with van der Waals surface area (Å²) in [6.07, 6.45) is 5.17. The first-order chi connectivity index (χ1) is 5.36. The van der Waals surface area contributed by atoms with E-state index < -0.39 is 7.32 Å². The van der Waals surface area contributed by atoms with Crippen molar-refractivity contribution >= 4 is 7.32 Å². The Labute approximate surface area is 68.2 Å². The lowest BCUT2D eigenvalue weighted by Gasteiger charge is -2.14. The summed E-state index contributed by atoms with van der Waals surface area (Å²) in [7, 11) is 2.70. The topological polar surface area (TPSA) is 27.7 Å². The predicted molar refractivity (Wildman–Crippen MR) is 43.1 cm³/mol. The first kappa shape index (κ1) is 9.04. The second-order valence-electron chi connectivity index (χ2n) is 2.80. The zero-order valence-electron chi connectivity index (χ0n) is 7.21. The number of rotatable bonds is 4. The lowest BCUT2D eigenvalue weighted by molar-refractivity contribution is 0.0895. The Balaban J connectivity index is 2.16. The van der Waals surface area contributed by atoms with Crippen molar-refractivity contribution in [1.29, 1.82) is 0 Å². The predicted octanol–water partition coefficient (Wildman–Crippen LogP) is 1.22. The molecule has 0 unspecified atom stereocenters. The number of hydrogen-bond acceptors (Lipinski definition) is 3. The maximum absolute atomic E-state index is 5.47. The van der Waals surface area contributed by atoms with Crippen LogP contribution in [-0.2, 0) is 14.0 Å². The van der Waals surface area contributed by atoms with Crippen LogP contribution in [0.1, 0.15) is 25.7 Å². The maximum Gasteiger partial charge on any atom is 0.639 e. The summed E-state index contributed by atoms with van der Waals surface area (Å²) in [6, 6.07) is 0. The molecule has 11 heavy (non-hydrogen) atoms. The van der Waals surface area contributed by atoms with Crippen LogP contribution < -0.4 is 0 Å². The Morgan fingerprint density at radius 3 is 2.09 bits per heavy atom. The summed E-state index contributed by atoms with van der Waals surface area (Å²) in [6.45, 7) is 0. The molecule has 0 N–H and O–H groups in total. The van der Waals surface area contributed by atoms with Gasteiger partial charge in [0.15, 0.2) is 0 Å². The zero-order chi connectivity index (χ0) is 8.10. The summed E-state index contributed by atoms with van der Waals surface area (Å²) < 4.78 is 15.3. The average Bonchev–Trinajstić information content (AvgIpc) is 2.52. The summed E-state index contributed by atoms with van der Waals surface area (Å²) in [5.41, 5.74) is 0. The molecule has 0 bridgehead atoms. The third kappa shape index (κ3) is 2.81. The van der Waals surface area contributed by atoms with Gasteiger partial charge in [0.2, 0.25) is 0 Å². The molecule has 0 heterocycles. The summed E-state index contributed by atoms with van der Waals surface area (Å²) in [5.74, 6) is 0. The summed E-state index contributed by atoms with van der Waals surface area (Å²) in [4.78, 5) is 0. The molecule has 0 aromatic heterocycles. The second-order valence-corrected chi connectivity index (χ2v) is 2.80. The average molecular weight is 158 g/mol. The number of hydrogen-bond donors (Lipinski definition) is 0. The van der Waals surface area contributed by atoms with Crippen LogP contribution in [0.3, 0.4) is 0 Å². The van der Waals surface area contributed by atoms with Gasteiger partial charge in [0.25, 0.3) is 0 Å². The van der Waals surface area contributed by atoms with E-state index in [1.54, 1.807) is 14.2 Å². The Morgan fingerprint density at radius 1 is 1.09 bits per heavy atom. The van der Waals surface area contributed by atoms with E-state index >= 15 is 0 Å². The van der Waals surface area contributed by atoms with E-state index in [2.05, 4.69) is 0 Å². The van der Waals surface area contributed by atoms with Crippen LogP contribution in [0.25, 0.3) is 0 Å². The molecule has 4 heteroatoms. The molecule has 0 atom stereocenters. The van der Waals surface area contributed by atoms with Crippen molar-refractivity contribution in [2.45, 2.75) is 31.8 Å². The van der Waals surface area contributed by atoms with Gasteiger partial charge in [-0.25, -0.2) is 0 Å². The standard InChI is InChI=1S/C7H15BO3/c1-9-8(10-2)11-7-5-3-4-6-7/h7H,3-6H2,1-2H3. The SMILES string of the molecule is COB(OC)OC1CCCC1. The molecule has 0 saturated heterocycles. The molecule has 1 saturated carbocycles. The van der Waals surface area contributed by atoms with Crippen molar-refractivity contribution in [2.75, 3.05) is 14.2 Å². The highest BCUT2D eigenvalue weighted by molar-refractivity contribution is 6.36. The normalized spacial score (nSPS) is 19.1. The van der Waals surface area contributed by atoms with Crippen LogP contribution in [0.15, 0.2) is 0 Å². The monoisotopic (exact) mass is 158 g/mol. The minimum absolute atomic E-state index is 0.347. The molecule has 1 fully saturated rings.